The van der Waals surface area contributed by atoms with E-state index in [0.717, 1.165) is 38.7 Å². The first-order chi connectivity index (χ1) is 13.7. The molecule has 178 valence electrons. The first kappa shape index (κ1) is 28.8. The molecule has 0 bridgehead atoms. The molecule has 0 radical (unpaired) electrons. The molecule has 0 saturated heterocycles. The lowest BCUT2D eigenvalue weighted by atomic mass is 9.87. The van der Waals surface area contributed by atoms with E-state index in [0.29, 0.717) is 24.1 Å². The fourth-order valence-corrected chi connectivity index (χ4v) is 3.12. The van der Waals surface area contributed by atoms with Gasteiger partial charge in [0.1, 0.15) is 6.54 Å². The topological polar surface area (TPSA) is 93.1 Å². The SMILES string of the molecule is CC(C)(CO)CCCCOCCCCC(C)(C)C(=O)OC(CC(=O)O)C[N+](C)(C)C. The van der Waals surface area contributed by atoms with E-state index in [1.54, 1.807) is 0 Å². The highest BCUT2D eigenvalue weighted by Gasteiger charge is 2.33. The van der Waals surface area contributed by atoms with Gasteiger partial charge in [-0.1, -0.05) is 26.7 Å². The van der Waals surface area contributed by atoms with Gasteiger partial charge in [0.05, 0.1) is 33.0 Å². The van der Waals surface area contributed by atoms with Crippen molar-refractivity contribution in [3.63, 3.8) is 0 Å². The molecule has 7 nitrogen and oxygen atoms in total. The summed E-state index contributed by atoms with van der Waals surface area (Å²) in [5.74, 6) is -1.30. The van der Waals surface area contributed by atoms with E-state index in [-0.39, 0.29) is 24.4 Å². The van der Waals surface area contributed by atoms with Crippen LogP contribution in [-0.2, 0) is 19.1 Å². The third-order valence-corrected chi connectivity index (χ3v) is 5.14. The molecular formula is C23H46NO6+. The number of rotatable bonds is 17. The van der Waals surface area contributed by atoms with Crippen LogP contribution in [0.15, 0.2) is 0 Å². The fraction of sp³-hybridized carbons (Fsp3) is 0.913. The third kappa shape index (κ3) is 14.7. The van der Waals surface area contributed by atoms with Crippen molar-refractivity contribution in [3.05, 3.63) is 0 Å². The Kier molecular flexibility index (Phi) is 12.8. The number of aliphatic hydroxyl groups is 1. The van der Waals surface area contributed by atoms with Gasteiger partial charge in [0.2, 0.25) is 0 Å². The van der Waals surface area contributed by atoms with Gasteiger partial charge in [-0.2, -0.15) is 0 Å². The maximum absolute atomic E-state index is 12.6. The Hall–Kier alpha value is -1.18. The van der Waals surface area contributed by atoms with Crippen LogP contribution in [0.5, 0.6) is 0 Å². The van der Waals surface area contributed by atoms with Gasteiger partial charge in [-0.25, -0.2) is 0 Å². The standard InChI is InChI=1S/C23H45NO6/c1-22(2,18-25)12-8-10-14-29-15-11-9-13-23(3,4)21(28)30-19(16-20(26)27)17-24(5,6)7/h19,25H,8-18H2,1-7H3/p+1. The van der Waals surface area contributed by atoms with Crippen molar-refractivity contribution in [2.45, 2.75) is 78.7 Å². The van der Waals surface area contributed by atoms with Crippen LogP contribution in [0.1, 0.15) is 72.6 Å². The molecular weight excluding hydrogens is 386 g/mol. The van der Waals surface area contributed by atoms with Crippen molar-refractivity contribution < 1.29 is 33.8 Å². The van der Waals surface area contributed by atoms with Gasteiger partial charge >= 0.3 is 11.9 Å². The molecule has 0 amide bonds. The first-order valence-electron chi connectivity index (χ1n) is 11.1. The van der Waals surface area contributed by atoms with Gasteiger partial charge < -0.3 is 24.2 Å². The third-order valence-electron chi connectivity index (χ3n) is 5.14. The number of ether oxygens (including phenoxy) is 2. The lowest BCUT2D eigenvalue weighted by molar-refractivity contribution is -0.873. The van der Waals surface area contributed by atoms with E-state index in [9.17, 15) is 14.7 Å². The number of hydrogen-bond donors (Lipinski definition) is 2. The molecule has 0 rings (SSSR count). The van der Waals surface area contributed by atoms with Crippen molar-refractivity contribution in [2.75, 3.05) is 47.5 Å². The van der Waals surface area contributed by atoms with Gasteiger partial charge in [-0.3, -0.25) is 9.59 Å². The lowest BCUT2D eigenvalue weighted by Gasteiger charge is -2.31. The number of aliphatic hydroxyl groups excluding tert-OH is 1. The zero-order valence-corrected chi connectivity index (χ0v) is 20.3. The largest absolute Gasteiger partial charge is 0.481 e. The molecule has 1 atom stereocenters. The van der Waals surface area contributed by atoms with Crippen LogP contribution in [0.4, 0.5) is 0 Å². The van der Waals surface area contributed by atoms with Crippen LogP contribution in [0, 0.1) is 10.8 Å². The second-order valence-corrected chi connectivity index (χ2v) is 10.8. The average molecular weight is 433 g/mol. The fourth-order valence-electron chi connectivity index (χ4n) is 3.12. The number of carbonyl (C=O) groups excluding carboxylic acids is 1. The number of unbranched alkanes of at least 4 members (excludes halogenated alkanes) is 2. The van der Waals surface area contributed by atoms with E-state index in [1.165, 1.54) is 0 Å². The summed E-state index contributed by atoms with van der Waals surface area (Å²) in [7, 11) is 5.84. The van der Waals surface area contributed by atoms with Crippen molar-refractivity contribution in [3.8, 4) is 0 Å². The molecule has 0 heterocycles. The zero-order chi connectivity index (χ0) is 23.4. The molecule has 0 aromatic rings. The Balaban J connectivity index is 4.16. The maximum atomic E-state index is 12.6. The van der Waals surface area contributed by atoms with Crippen LogP contribution in [0.2, 0.25) is 0 Å². The van der Waals surface area contributed by atoms with Crippen molar-refractivity contribution in [1.82, 2.24) is 0 Å². The van der Waals surface area contributed by atoms with Crippen molar-refractivity contribution in [1.29, 1.82) is 0 Å². The Morgan fingerprint density at radius 3 is 1.93 bits per heavy atom. The highest BCUT2D eigenvalue weighted by molar-refractivity contribution is 5.76. The van der Waals surface area contributed by atoms with E-state index < -0.39 is 17.5 Å². The molecule has 30 heavy (non-hydrogen) atoms. The Morgan fingerprint density at radius 2 is 1.47 bits per heavy atom. The van der Waals surface area contributed by atoms with Gasteiger partial charge in [-0.05, 0) is 44.9 Å². The van der Waals surface area contributed by atoms with Gasteiger partial charge in [0.25, 0.3) is 0 Å². The van der Waals surface area contributed by atoms with Gasteiger partial charge in [0.15, 0.2) is 6.10 Å². The minimum Gasteiger partial charge on any atom is -0.481 e. The van der Waals surface area contributed by atoms with Crippen molar-refractivity contribution >= 4 is 11.9 Å². The Labute approximate surface area is 183 Å². The summed E-state index contributed by atoms with van der Waals surface area (Å²) in [5, 5.41) is 18.3. The van der Waals surface area contributed by atoms with E-state index >= 15 is 0 Å². The zero-order valence-electron chi connectivity index (χ0n) is 20.3. The number of esters is 1. The predicted octanol–water partition coefficient (Wildman–Crippen LogP) is 3.48. The number of hydrogen-bond acceptors (Lipinski definition) is 5. The average Bonchev–Trinajstić information content (AvgIpc) is 2.58. The molecule has 7 heteroatoms. The number of likely N-dealkylation sites (N-methyl/N-ethyl adjacent to an activating group) is 1. The molecule has 2 N–H and O–H groups in total. The number of carboxylic acid groups (broad SMARTS) is 1. The number of aliphatic carboxylic acids is 1. The Bertz CT molecular complexity index is 510. The molecule has 0 saturated carbocycles. The maximum Gasteiger partial charge on any atom is 0.312 e. The molecule has 0 aromatic heterocycles. The summed E-state index contributed by atoms with van der Waals surface area (Å²) < 4.78 is 11.8. The highest BCUT2D eigenvalue weighted by Crippen LogP contribution is 2.26. The second kappa shape index (κ2) is 13.3. The van der Waals surface area contributed by atoms with Crippen LogP contribution >= 0.6 is 0 Å². The van der Waals surface area contributed by atoms with Crippen LogP contribution < -0.4 is 0 Å². The molecule has 1 unspecified atom stereocenters. The molecule has 0 aromatic carbocycles. The van der Waals surface area contributed by atoms with E-state index in [2.05, 4.69) is 13.8 Å². The van der Waals surface area contributed by atoms with Crippen LogP contribution in [0.25, 0.3) is 0 Å². The number of carbonyl (C=O) groups is 2. The number of quaternary nitrogens is 1. The van der Waals surface area contributed by atoms with E-state index in [1.807, 2.05) is 35.0 Å². The summed E-state index contributed by atoms with van der Waals surface area (Å²) in [6, 6.07) is 0. The minimum atomic E-state index is -0.962. The van der Waals surface area contributed by atoms with Gasteiger partial charge in [-0.15, -0.1) is 0 Å². The number of nitrogens with zero attached hydrogens (tertiary/aromatic N) is 1. The summed E-state index contributed by atoms with van der Waals surface area (Å²) in [4.78, 5) is 23.7. The van der Waals surface area contributed by atoms with Crippen LogP contribution in [-0.4, -0.2) is 80.2 Å². The normalized spacial score (nSPS) is 13.9. The smallest absolute Gasteiger partial charge is 0.312 e. The van der Waals surface area contributed by atoms with E-state index in [4.69, 9.17) is 14.6 Å². The quantitative estimate of drug-likeness (QED) is 0.208. The summed E-state index contributed by atoms with van der Waals surface area (Å²) in [6.07, 6.45) is 4.59. The Morgan fingerprint density at radius 1 is 0.933 bits per heavy atom. The lowest BCUT2D eigenvalue weighted by Crippen LogP contribution is -2.45. The van der Waals surface area contributed by atoms with Crippen LogP contribution in [0.3, 0.4) is 0 Å². The molecule has 0 aliphatic heterocycles. The molecule has 0 fully saturated rings. The number of carboxylic acids is 1. The molecule has 0 aliphatic carbocycles. The minimum absolute atomic E-state index is 0.0183. The highest BCUT2D eigenvalue weighted by atomic mass is 16.5. The van der Waals surface area contributed by atoms with Gasteiger partial charge in [0, 0.05) is 19.8 Å². The monoisotopic (exact) mass is 432 g/mol. The summed E-state index contributed by atoms with van der Waals surface area (Å²) in [6.45, 7) is 9.87. The first-order valence-corrected chi connectivity index (χ1v) is 11.1. The van der Waals surface area contributed by atoms with Crippen molar-refractivity contribution in [2.24, 2.45) is 10.8 Å². The molecule has 0 aliphatic rings. The second-order valence-electron chi connectivity index (χ2n) is 10.8. The summed E-state index contributed by atoms with van der Waals surface area (Å²) in [5.41, 5.74) is -0.674. The predicted molar refractivity (Wildman–Crippen MR) is 118 cm³/mol. The molecule has 0 spiro atoms. The summed E-state index contributed by atoms with van der Waals surface area (Å²) >= 11 is 0.